The summed E-state index contributed by atoms with van der Waals surface area (Å²) in [5.74, 6) is 0. The Morgan fingerprint density at radius 2 is 1.09 bits per heavy atom. The first-order valence-electron chi connectivity index (χ1n) is 18.9. The fourth-order valence-electron chi connectivity index (χ4n) is 8.77. The first-order valence-corrected chi connectivity index (χ1v) is 19.8. The highest BCUT2D eigenvalue weighted by molar-refractivity contribution is 7.26. The Morgan fingerprint density at radius 3 is 1.89 bits per heavy atom. The van der Waals surface area contributed by atoms with E-state index in [4.69, 9.17) is 0 Å². The van der Waals surface area contributed by atoms with Gasteiger partial charge >= 0.3 is 0 Å². The van der Waals surface area contributed by atoms with Gasteiger partial charge in [-0.2, -0.15) is 0 Å². The van der Waals surface area contributed by atoms with Crippen molar-refractivity contribution in [3.8, 4) is 22.3 Å². The lowest BCUT2D eigenvalue weighted by Gasteiger charge is -2.31. The number of nitrogens with zero attached hydrogens (tertiary/aromatic N) is 1. The number of hydrogen-bond acceptors (Lipinski definition) is 2. The molecule has 0 amide bonds. The molecule has 7 aromatic carbocycles. The van der Waals surface area contributed by atoms with Gasteiger partial charge in [0.25, 0.3) is 0 Å². The van der Waals surface area contributed by atoms with E-state index < -0.39 is 0 Å². The summed E-state index contributed by atoms with van der Waals surface area (Å²) in [5, 5.41) is 5.06. The Kier molecular flexibility index (Phi) is 7.56. The van der Waals surface area contributed by atoms with Gasteiger partial charge in [0.1, 0.15) is 0 Å². The molecule has 0 saturated carbocycles. The van der Waals surface area contributed by atoms with Crippen molar-refractivity contribution < 1.29 is 0 Å². The monoisotopic (exact) mass is 705 g/mol. The van der Waals surface area contributed by atoms with Crippen molar-refractivity contribution in [2.24, 2.45) is 0 Å². The van der Waals surface area contributed by atoms with Gasteiger partial charge in [0, 0.05) is 36.5 Å². The molecule has 262 valence electrons. The SMILES string of the molecule is CC(C)(C)c1cc(C(C)(C)C)c2c(c1)C(C)(C)c1cccc(-c3ccccc3N(c3cccc4ccccc34)c3cccc4sc5ccccc5c34)c1-2. The van der Waals surface area contributed by atoms with Crippen molar-refractivity contribution in [1.29, 1.82) is 0 Å². The summed E-state index contributed by atoms with van der Waals surface area (Å²) in [7, 11) is 0. The van der Waals surface area contributed by atoms with E-state index in [0.717, 1.165) is 0 Å². The highest BCUT2D eigenvalue weighted by atomic mass is 32.1. The summed E-state index contributed by atoms with van der Waals surface area (Å²) in [6, 6.07) is 52.4. The normalized spacial score (nSPS) is 13.8. The summed E-state index contributed by atoms with van der Waals surface area (Å²) in [5.41, 5.74) is 14.4. The molecule has 0 N–H and O–H groups in total. The molecule has 0 fully saturated rings. The average Bonchev–Trinajstić information content (AvgIpc) is 3.63. The van der Waals surface area contributed by atoms with Crippen LogP contribution in [0.3, 0.4) is 0 Å². The Labute approximate surface area is 318 Å². The van der Waals surface area contributed by atoms with Crippen molar-refractivity contribution in [3.63, 3.8) is 0 Å². The minimum absolute atomic E-state index is 0.0414. The van der Waals surface area contributed by atoms with E-state index in [1.54, 1.807) is 0 Å². The molecule has 9 rings (SSSR count). The van der Waals surface area contributed by atoms with Crippen LogP contribution in [0.2, 0.25) is 0 Å². The minimum atomic E-state index is -0.145. The Bertz CT molecular complexity index is 2720. The molecular weight excluding hydrogens is 659 g/mol. The maximum Gasteiger partial charge on any atom is 0.0555 e. The molecule has 0 unspecified atom stereocenters. The highest BCUT2D eigenvalue weighted by Crippen LogP contribution is 2.57. The maximum atomic E-state index is 2.55. The average molecular weight is 706 g/mol. The zero-order valence-corrected chi connectivity index (χ0v) is 33.0. The lowest BCUT2D eigenvalue weighted by molar-refractivity contribution is 0.564. The molecular formula is C51H47NS. The molecule has 1 nitrogen and oxygen atoms in total. The Morgan fingerprint density at radius 1 is 0.491 bits per heavy atom. The topological polar surface area (TPSA) is 3.24 Å². The van der Waals surface area contributed by atoms with Gasteiger partial charge in [-0.05, 0) is 85.5 Å². The molecule has 0 bridgehead atoms. The molecule has 1 aliphatic rings. The molecule has 0 aliphatic heterocycles. The van der Waals surface area contributed by atoms with Crippen molar-refractivity contribution in [3.05, 3.63) is 162 Å². The number of thiophene rings is 1. The molecule has 0 atom stereocenters. The van der Waals surface area contributed by atoms with Crippen LogP contribution in [0.1, 0.15) is 77.6 Å². The third-order valence-corrected chi connectivity index (χ3v) is 12.7. The summed E-state index contributed by atoms with van der Waals surface area (Å²) < 4.78 is 2.61. The van der Waals surface area contributed by atoms with E-state index in [1.807, 2.05) is 11.3 Å². The summed E-state index contributed by atoms with van der Waals surface area (Å²) >= 11 is 1.88. The van der Waals surface area contributed by atoms with Crippen molar-refractivity contribution in [1.82, 2.24) is 0 Å². The predicted octanol–water partition coefficient (Wildman–Crippen LogP) is 15.2. The third kappa shape index (κ3) is 5.25. The lowest BCUT2D eigenvalue weighted by Crippen LogP contribution is -2.21. The minimum Gasteiger partial charge on any atom is -0.309 e. The van der Waals surface area contributed by atoms with Crippen LogP contribution >= 0.6 is 11.3 Å². The van der Waals surface area contributed by atoms with Crippen LogP contribution in [-0.4, -0.2) is 0 Å². The van der Waals surface area contributed by atoms with Crippen LogP contribution in [0.25, 0.3) is 53.2 Å². The zero-order valence-electron chi connectivity index (χ0n) is 32.1. The van der Waals surface area contributed by atoms with Gasteiger partial charge in [-0.1, -0.05) is 165 Å². The zero-order chi connectivity index (χ0) is 36.9. The molecule has 8 aromatic rings. The smallest absolute Gasteiger partial charge is 0.0555 e. The second-order valence-corrected chi connectivity index (χ2v) is 18.5. The first-order chi connectivity index (χ1) is 25.3. The second-order valence-electron chi connectivity index (χ2n) is 17.4. The van der Waals surface area contributed by atoms with E-state index in [-0.39, 0.29) is 16.2 Å². The van der Waals surface area contributed by atoms with Crippen molar-refractivity contribution in [2.45, 2.75) is 71.6 Å². The number of anilines is 3. The van der Waals surface area contributed by atoms with E-state index in [2.05, 4.69) is 200 Å². The van der Waals surface area contributed by atoms with Crippen LogP contribution < -0.4 is 4.90 Å². The number of rotatable bonds is 4. The van der Waals surface area contributed by atoms with Gasteiger partial charge < -0.3 is 4.90 Å². The quantitative estimate of drug-likeness (QED) is 0.176. The van der Waals surface area contributed by atoms with Crippen LogP contribution in [0.15, 0.2) is 140 Å². The number of benzene rings is 7. The largest absolute Gasteiger partial charge is 0.309 e. The van der Waals surface area contributed by atoms with E-state index in [1.165, 1.54) is 92.5 Å². The van der Waals surface area contributed by atoms with Gasteiger partial charge in [-0.15, -0.1) is 11.3 Å². The molecule has 1 aliphatic carbocycles. The number of fused-ring (bicyclic) bond motifs is 7. The molecule has 53 heavy (non-hydrogen) atoms. The van der Waals surface area contributed by atoms with Crippen LogP contribution in [-0.2, 0) is 16.2 Å². The summed E-state index contributed by atoms with van der Waals surface area (Å²) in [6.45, 7) is 19.0. The number of para-hydroxylation sites is 1. The molecule has 0 spiro atoms. The van der Waals surface area contributed by atoms with Crippen LogP contribution in [0.4, 0.5) is 17.1 Å². The van der Waals surface area contributed by atoms with Crippen molar-refractivity contribution >= 4 is 59.3 Å². The van der Waals surface area contributed by atoms with Gasteiger partial charge in [0.15, 0.2) is 0 Å². The molecule has 0 saturated heterocycles. The highest BCUT2D eigenvalue weighted by Gasteiger charge is 2.41. The molecule has 1 heterocycles. The van der Waals surface area contributed by atoms with E-state index in [9.17, 15) is 0 Å². The van der Waals surface area contributed by atoms with Crippen LogP contribution in [0.5, 0.6) is 0 Å². The third-order valence-electron chi connectivity index (χ3n) is 11.5. The fourth-order valence-corrected chi connectivity index (χ4v) is 9.90. The van der Waals surface area contributed by atoms with Crippen molar-refractivity contribution in [2.75, 3.05) is 4.90 Å². The second kappa shape index (κ2) is 11.9. The molecule has 2 heteroatoms. The summed E-state index contributed by atoms with van der Waals surface area (Å²) in [6.07, 6.45) is 0. The van der Waals surface area contributed by atoms with Gasteiger partial charge in [0.05, 0.1) is 17.1 Å². The van der Waals surface area contributed by atoms with E-state index >= 15 is 0 Å². The lowest BCUT2D eigenvalue weighted by atomic mass is 9.74. The summed E-state index contributed by atoms with van der Waals surface area (Å²) in [4.78, 5) is 2.55. The maximum absolute atomic E-state index is 2.55. The van der Waals surface area contributed by atoms with E-state index in [0.29, 0.717) is 0 Å². The Hall–Kier alpha value is -5.18. The predicted molar refractivity (Wildman–Crippen MR) is 232 cm³/mol. The van der Waals surface area contributed by atoms with Gasteiger partial charge in [-0.25, -0.2) is 0 Å². The first kappa shape index (κ1) is 33.6. The van der Waals surface area contributed by atoms with Gasteiger partial charge in [0.2, 0.25) is 0 Å². The number of hydrogen-bond donors (Lipinski definition) is 0. The fraction of sp³-hybridized carbons (Fsp3) is 0.216. The molecule has 0 radical (unpaired) electrons. The van der Waals surface area contributed by atoms with Crippen LogP contribution in [0, 0.1) is 0 Å². The Balaban J connectivity index is 1.38. The molecule has 1 aromatic heterocycles. The standard InChI is InChI=1S/C51H47NS/c1-49(2,3)33-30-39(50(4,5)6)48-40(31-33)51(7,8)38-24-16-23-36(46(38)48)35-21-11-13-25-42(35)52(41-26-15-19-32-18-9-10-20-34(32)41)43-27-17-29-45-47(43)37-22-12-14-28-44(37)53-45/h9-31H,1-8H3. The van der Waals surface area contributed by atoms with Gasteiger partial charge in [-0.3, -0.25) is 0 Å².